The van der Waals surface area contributed by atoms with Crippen LogP contribution in [-0.4, -0.2) is 44.1 Å². The van der Waals surface area contributed by atoms with E-state index in [1.807, 2.05) is 42.2 Å². The van der Waals surface area contributed by atoms with Gasteiger partial charge in [-0.05, 0) is 25.3 Å². The number of benzene rings is 1. The van der Waals surface area contributed by atoms with Crippen molar-refractivity contribution >= 4 is 5.91 Å². The minimum Gasteiger partial charge on any atom is -0.420 e. The van der Waals surface area contributed by atoms with Crippen molar-refractivity contribution in [2.75, 3.05) is 13.1 Å². The van der Waals surface area contributed by atoms with Crippen LogP contribution in [0.5, 0.6) is 0 Å². The molecule has 1 aromatic carbocycles. The topological polar surface area (TPSA) is 85.0 Å². The van der Waals surface area contributed by atoms with Crippen LogP contribution in [0.25, 0.3) is 11.5 Å². The highest BCUT2D eigenvalue weighted by Gasteiger charge is 2.28. The lowest BCUT2D eigenvalue weighted by Crippen LogP contribution is -2.40. The van der Waals surface area contributed by atoms with Crippen LogP contribution in [0, 0.1) is 6.92 Å². The highest BCUT2D eigenvalue weighted by molar-refractivity contribution is 5.78. The Morgan fingerprint density at radius 3 is 2.74 bits per heavy atom. The first kappa shape index (κ1) is 17.3. The number of amides is 1. The maximum atomic E-state index is 12.6. The normalized spacial score (nSPS) is 17.1. The molecule has 138 valence electrons. The Labute approximate surface area is 157 Å². The minimum absolute atomic E-state index is 0.0612. The van der Waals surface area contributed by atoms with Crippen molar-refractivity contribution in [3.05, 3.63) is 60.0 Å². The summed E-state index contributed by atoms with van der Waals surface area (Å²) in [5, 5.41) is 8.34. The van der Waals surface area contributed by atoms with Gasteiger partial charge < -0.3 is 9.32 Å². The second kappa shape index (κ2) is 7.65. The molecule has 2 aromatic heterocycles. The molecule has 4 rings (SSSR count). The van der Waals surface area contributed by atoms with Gasteiger partial charge >= 0.3 is 0 Å². The van der Waals surface area contributed by atoms with Crippen LogP contribution in [0.4, 0.5) is 0 Å². The third kappa shape index (κ3) is 4.02. The molecular weight excluding hydrogens is 342 g/mol. The van der Waals surface area contributed by atoms with Crippen molar-refractivity contribution in [1.82, 2.24) is 25.1 Å². The third-order valence-electron chi connectivity index (χ3n) is 4.79. The molecular formula is C20H21N5O2. The van der Waals surface area contributed by atoms with Crippen LogP contribution in [0.1, 0.15) is 36.0 Å². The summed E-state index contributed by atoms with van der Waals surface area (Å²) in [6, 6.07) is 9.82. The molecule has 7 nitrogen and oxygen atoms in total. The van der Waals surface area contributed by atoms with Gasteiger partial charge in [0.25, 0.3) is 5.89 Å². The molecule has 7 heteroatoms. The number of piperidine rings is 1. The van der Waals surface area contributed by atoms with Gasteiger partial charge in [-0.15, -0.1) is 10.2 Å². The van der Waals surface area contributed by atoms with Gasteiger partial charge in [0.05, 0.1) is 17.9 Å². The van der Waals surface area contributed by atoms with Gasteiger partial charge in [0.2, 0.25) is 11.8 Å². The lowest BCUT2D eigenvalue weighted by atomic mass is 9.97. The number of aromatic nitrogens is 4. The fraction of sp³-hybridized carbons (Fsp3) is 0.350. The predicted molar refractivity (Wildman–Crippen MR) is 98.8 cm³/mol. The van der Waals surface area contributed by atoms with Gasteiger partial charge in [-0.2, -0.15) is 0 Å². The quantitative estimate of drug-likeness (QED) is 0.709. The smallest absolute Gasteiger partial charge is 0.250 e. The lowest BCUT2D eigenvalue weighted by molar-refractivity contribution is -0.131. The van der Waals surface area contributed by atoms with E-state index in [-0.39, 0.29) is 11.8 Å². The number of nitrogens with zero attached hydrogens (tertiary/aromatic N) is 5. The van der Waals surface area contributed by atoms with E-state index >= 15 is 0 Å². The molecule has 0 radical (unpaired) electrons. The molecule has 0 unspecified atom stereocenters. The summed E-state index contributed by atoms with van der Waals surface area (Å²) >= 11 is 0. The minimum atomic E-state index is 0.0612. The summed E-state index contributed by atoms with van der Waals surface area (Å²) in [5.74, 6) is 1.88. The Balaban J connectivity index is 1.44. The molecule has 0 N–H and O–H groups in total. The number of aryl methyl sites for hydroxylation is 1. The zero-order valence-electron chi connectivity index (χ0n) is 15.2. The largest absolute Gasteiger partial charge is 0.420 e. The highest BCUT2D eigenvalue weighted by Crippen LogP contribution is 2.28. The van der Waals surface area contributed by atoms with Crippen LogP contribution in [0.2, 0.25) is 0 Å². The Bertz CT molecular complexity index is 908. The van der Waals surface area contributed by atoms with E-state index in [1.165, 1.54) is 0 Å². The molecule has 27 heavy (non-hydrogen) atoms. The summed E-state index contributed by atoms with van der Waals surface area (Å²) in [6.45, 7) is 3.21. The Kier molecular flexibility index (Phi) is 4.91. The second-order valence-electron chi connectivity index (χ2n) is 6.81. The van der Waals surface area contributed by atoms with Crippen LogP contribution in [0.3, 0.4) is 0 Å². The first-order chi connectivity index (χ1) is 13.2. The maximum Gasteiger partial charge on any atom is 0.250 e. The zero-order valence-corrected chi connectivity index (χ0v) is 15.2. The lowest BCUT2D eigenvalue weighted by Gasteiger charge is -2.31. The van der Waals surface area contributed by atoms with Gasteiger partial charge in [0, 0.05) is 25.5 Å². The first-order valence-corrected chi connectivity index (χ1v) is 9.13. The fourth-order valence-electron chi connectivity index (χ4n) is 3.31. The van der Waals surface area contributed by atoms with E-state index in [4.69, 9.17) is 4.42 Å². The molecule has 3 heterocycles. The molecule has 1 aliphatic heterocycles. The number of carbonyl (C=O) groups excluding carboxylic acids is 1. The van der Waals surface area contributed by atoms with Crippen molar-refractivity contribution in [3.63, 3.8) is 0 Å². The van der Waals surface area contributed by atoms with Gasteiger partial charge in [0.15, 0.2) is 0 Å². The molecule has 1 amide bonds. The molecule has 0 bridgehead atoms. The van der Waals surface area contributed by atoms with Crippen LogP contribution in [-0.2, 0) is 11.2 Å². The van der Waals surface area contributed by atoms with E-state index in [2.05, 4.69) is 20.2 Å². The molecule has 1 fully saturated rings. The average molecular weight is 363 g/mol. The monoisotopic (exact) mass is 363 g/mol. The fourth-order valence-corrected chi connectivity index (χ4v) is 3.31. The maximum absolute atomic E-state index is 12.6. The Hall–Kier alpha value is -3.09. The van der Waals surface area contributed by atoms with Crippen molar-refractivity contribution in [2.45, 2.75) is 32.1 Å². The van der Waals surface area contributed by atoms with Crippen molar-refractivity contribution < 1.29 is 9.21 Å². The SMILES string of the molecule is Cc1ncc(-c2nnc([C@H]3CCCN(C(=O)Cc4ccccc4)C3)o2)cn1. The number of carbonyl (C=O) groups is 1. The molecule has 0 spiro atoms. The van der Waals surface area contributed by atoms with Crippen LogP contribution < -0.4 is 0 Å². The second-order valence-corrected chi connectivity index (χ2v) is 6.81. The van der Waals surface area contributed by atoms with Crippen molar-refractivity contribution in [2.24, 2.45) is 0 Å². The predicted octanol–water partition coefficient (Wildman–Crippen LogP) is 2.78. The number of hydrogen-bond donors (Lipinski definition) is 0. The molecule has 3 aromatic rings. The number of likely N-dealkylation sites (tertiary alicyclic amines) is 1. The summed E-state index contributed by atoms with van der Waals surface area (Å²) in [4.78, 5) is 22.9. The molecule has 1 aliphatic rings. The van der Waals surface area contributed by atoms with Gasteiger partial charge in [0.1, 0.15) is 5.82 Å². The Morgan fingerprint density at radius 2 is 1.96 bits per heavy atom. The number of hydrogen-bond acceptors (Lipinski definition) is 6. The van der Waals surface area contributed by atoms with E-state index in [0.29, 0.717) is 36.1 Å². The van der Waals surface area contributed by atoms with E-state index in [1.54, 1.807) is 12.4 Å². The summed E-state index contributed by atoms with van der Waals surface area (Å²) in [7, 11) is 0. The third-order valence-corrected chi connectivity index (χ3v) is 4.79. The summed E-state index contributed by atoms with van der Waals surface area (Å²) in [6.07, 6.45) is 5.63. The van der Waals surface area contributed by atoms with Gasteiger partial charge in [-0.3, -0.25) is 4.79 Å². The molecule has 0 aliphatic carbocycles. The number of rotatable bonds is 4. The van der Waals surface area contributed by atoms with Crippen molar-refractivity contribution in [1.29, 1.82) is 0 Å². The van der Waals surface area contributed by atoms with Gasteiger partial charge in [-0.25, -0.2) is 9.97 Å². The van der Waals surface area contributed by atoms with E-state index < -0.39 is 0 Å². The van der Waals surface area contributed by atoms with Crippen LogP contribution in [0.15, 0.2) is 47.1 Å². The highest BCUT2D eigenvalue weighted by atomic mass is 16.4. The van der Waals surface area contributed by atoms with Crippen LogP contribution >= 0.6 is 0 Å². The summed E-state index contributed by atoms with van der Waals surface area (Å²) in [5.41, 5.74) is 1.73. The summed E-state index contributed by atoms with van der Waals surface area (Å²) < 4.78 is 5.86. The van der Waals surface area contributed by atoms with Gasteiger partial charge in [-0.1, -0.05) is 30.3 Å². The standard InChI is InChI=1S/C20H21N5O2/c1-14-21-11-17(12-22-14)20-24-23-19(27-20)16-8-5-9-25(13-16)18(26)10-15-6-3-2-4-7-15/h2-4,6-7,11-12,16H,5,8-10,13H2,1H3/t16-/m0/s1. The van der Waals surface area contributed by atoms with Crippen molar-refractivity contribution in [3.8, 4) is 11.5 Å². The first-order valence-electron chi connectivity index (χ1n) is 9.13. The molecule has 0 saturated carbocycles. The van der Waals surface area contributed by atoms with E-state index in [0.717, 1.165) is 24.9 Å². The molecule has 1 atom stereocenters. The average Bonchev–Trinajstić information content (AvgIpc) is 3.20. The van der Waals surface area contributed by atoms with E-state index in [9.17, 15) is 4.79 Å². The molecule has 1 saturated heterocycles. The zero-order chi connectivity index (χ0) is 18.6. The Morgan fingerprint density at radius 1 is 1.19 bits per heavy atom.